The molecule has 118 valence electrons. The first-order valence-corrected chi connectivity index (χ1v) is 7.02. The van der Waals surface area contributed by atoms with Crippen LogP contribution in [0.2, 0.25) is 0 Å². The van der Waals surface area contributed by atoms with Gasteiger partial charge in [-0.1, -0.05) is 0 Å². The summed E-state index contributed by atoms with van der Waals surface area (Å²) in [5.41, 5.74) is -1.12. The fourth-order valence-corrected chi connectivity index (χ4v) is 3.34. The van der Waals surface area contributed by atoms with Gasteiger partial charge in [-0.05, 0) is 12.5 Å². The molecule has 1 aromatic heterocycles. The predicted molar refractivity (Wildman–Crippen MR) is 72.2 cm³/mol. The first-order chi connectivity index (χ1) is 10.3. The molecule has 1 atom stereocenters. The molecule has 0 aromatic carbocycles. The SMILES string of the molecule is CN1CC[C@@]2(CN(C(=O)c3ccncn3)CC(F)(F)C2)C1=O. The Balaban J connectivity index is 1.90. The smallest absolute Gasteiger partial charge is 0.272 e. The van der Waals surface area contributed by atoms with E-state index >= 15 is 0 Å². The molecule has 3 heterocycles. The third kappa shape index (κ3) is 2.42. The zero-order valence-corrected chi connectivity index (χ0v) is 12.1. The van der Waals surface area contributed by atoms with Crippen molar-refractivity contribution >= 4 is 11.8 Å². The number of piperidine rings is 1. The molecule has 8 heteroatoms. The third-order valence-electron chi connectivity index (χ3n) is 4.33. The highest BCUT2D eigenvalue weighted by molar-refractivity contribution is 5.93. The van der Waals surface area contributed by atoms with Crippen LogP contribution in [0.15, 0.2) is 18.6 Å². The summed E-state index contributed by atoms with van der Waals surface area (Å²) in [7, 11) is 1.60. The lowest BCUT2D eigenvalue weighted by molar-refractivity contribution is -0.150. The summed E-state index contributed by atoms with van der Waals surface area (Å²) in [5.74, 6) is -3.99. The van der Waals surface area contributed by atoms with Gasteiger partial charge < -0.3 is 9.80 Å². The minimum absolute atomic E-state index is 0.00853. The van der Waals surface area contributed by atoms with Crippen LogP contribution in [0.25, 0.3) is 0 Å². The van der Waals surface area contributed by atoms with Gasteiger partial charge in [0.25, 0.3) is 11.8 Å². The number of nitrogens with zero attached hydrogens (tertiary/aromatic N) is 4. The largest absolute Gasteiger partial charge is 0.345 e. The maximum atomic E-state index is 14.1. The van der Waals surface area contributed by atoms with Gasteiger partial charge in [0.15, 0.2) is 0 Å². The van der Waals surface area contributed by atoms with Crippen LogP contribution < -0.4 is 0 Å². The summed E-state index contributed by atoms with van der Waals surface area (Å²) in [4.78, 5) is 34.7. The number of rotatable bonds is 1. The summed E-state index contributed by atoms with van der Waals surface area (Å²) < 4.78 is 28.3. The molecule has 2 saturated heterocycles. The number of carbonyl (C=O) groups is 2. The van der Waals surface area contributed by atoms with Crippen LogP contribution in [-0.2, 0) is 4.79 Å². The molecule has 6 nitrogen and oxygen atoms in total. The Morgan fingerprint density at radius 3 is 2.73 bits per heavy atom. The zero-order valence-electron chi connectivity index (χ0n) is 12.1. The normalized spacial score (nSPS) is 27.5. The second kappa shape index (κ2) is 4.96. The molecule has 0 unspecified atom stereocenters. The molecular weight excluding hydrogens is 294 g/mol. The fourth-order valence-electron chi connectivity index (χ4n) is 3.34. The molecule has 1 spiro atoms. The summed E-state index contributed by atoms with van der Waals surface area (Å²) >= 11 is 0. The van der Waals surface area contributed by atoms with Crippen molar-refractivity contribution in [3.05, 3.63) is 24.3 Å². The maximum absolute atomic E-state index is 14.1. The summed E-state index contributed by atoms with van der Waals surface area (Å²) in [5, 5.41) is 0. The maximum Gasteiger partial charge on any atom is 0.272 e. The van der Waals surface area contributed by atoms with Crippen molar-refractivity contribution in [2.45, 2.75) is 18.8 Å². The van der Waals surface area contributed by atoms with E-state index in [4.69, 9.17) is 0 Å². The molecule has 0 radical (unpaired) electrons. The number of hydrogen-bond acceptors (Lipinski definition) is 4. The Hall–Kier alpha value is -2.12. The van der Waals surface area contributed by atoms with Crippen molar-refractivity contribution < 1.29 is 18.4 Å². The molecular formula is C14H16F2N4O2. The van der Waals surface area contributed by atoms with Crippen molar-refractivity contribution in [1.82, 2.24) is 19.8 Å². The van der Waals surface area contributed by atoms with Gasteiger partial charge in [-0.15, -0.1) is 0 Å². The number of hydrogen-bond donors (Lipinski definition) is 0. The first kappa shape index (κ1) is 14.8. The van der Waals surface area contributed by atoms with Gasteiger partial charge >= 0.3 is 0 Å². The highest BCUT2D eigenvalue weighted by Gasteiger charge is 2.57. The van der Waals surface area contributed by atoms with Gasteiger partial charge in [-0.3, -0.25) is 9.59 Å². The molecule has 0 saturated carbocycles. The Morgan fingerprint density at radius 1 is 1.36 bits per heavy atom. The van der Waals surface area contributed by atoms with Crippen molar-refractivity contribution in [3.63, 3.8) is 0 Å². The van der Waals surface area contributed by atoms with Gasteiger partial charge in [0.1, 0.15) is 12.0 Å². The van der Waals surface area contributed by atoms with Gasteiger partial charge in [0.05, 0.1) is 12.0 Å². The van der Waals surface area contributed by atoms with Gasteiger partial charge in [-0.25, -0.2) is 18.7 Å². The monoisotopic (exact) mass is 310 g/mol. The van der Waals surface area contributed by atoms with Crippen LogP contribution in [0.5, 0.6) is 0 Å². The molecule has 2 aliphatic rings. The number of carbonyl (C=O) groups excluding carboxylic acids is 2. The Bertz CT molecular complexity index is 610. The molecule has 1 aromatic rings. The number of aromatic nitrogens is 2. The van der Waals surface area contributed by atoms with Crippen LogP contribution in [0.4, 0.5) is 8.78 Å². The van der Waals surface area contributed by atoms with E-state index in [1.165, 1.54) is 23.5 Å². The van der Waals surface area contributed by atoms with Crippen LogP contribution in [-0.4, -0.2) is 64.2 Å². The topological polar surface area (TPSA) is 66.4 Å². The van der Waals surface area contributed by atoms with E-state index in [-0.39, 0.29) is 18.1 Å². The molecule has 0 bridgehead atoms. The standard InChI is InChI=1S/C14H16F2N4O2/c1-19-5-3-13(12(19)22)6-14(15,16)8-20(7-13)11(21)10-2-4-17-9-18-10/h2,4,9H,3,5-8H2,1H3/t13-/m1/s1. The lowest BCUT2D eigenvalue weighted by Gasteiger charge is -2.42. The number of alkyl halides is 2. The molecule has 3 rings (SSSR count). The Morgan fingerprint density at radius 2 is 2.14 bits per heavy atom. The van der Waals surface area contributed by atoms with E-state index in [0.29, 0.717) is 13.0 Å². The van der Waals surface area contributed by atoms with Crippen molar-refractivity contribution in [3.8, 4) is 0 Å². The van der Waals surface area contributed by atoms with Gasteiger partial charge in [-0.2, -0.15) is 0 Å². The minimum atomic E-state index is -3.08. The van der Waals surface area contributed by atoms with Crippen molar-refractivity contribution in [2.75, 3.05) is 26.7 Å². The molecule has 2 aliphatic heterocycles. The van der Waals surface area contributed by atoms with Gasteiger partial charge in [0, 0.05) is 32.8 Å². The molecule has 0 aliphatic carbocycles. The summed E-state index contributed by atoms with van der Waals surface area (Å²) in [6.45, 7) is -0.242. The van der Waals surface area contributed by atoms with Crippen LogP contribution >= 0.6 is 0 Å². The average molecular weight is 310 g/mol. The van der Waals surface area contributed by atoms with Crippen LogP contribution in [0.3, 0.4) is 0 Å². The van der Waals surface area contributed by atoms with E-state index < -0.39 is 30.2 Å². The quantitative estimate of drug-likeness (QED) is 0.770. The average Bonchev–Trinajstić information content (AvgIpc) is 2.74. The van der Waals surface area contributed by atoms with Gasteiger partial charge in [0.2, 0.25) is 5.91 Å². The molecule has 2 amide bonds. The summed E-state index contributed by atoms with van der Waals surface area (Å²) in [6.07, 6.45) is 2.41. The number of likely N-dealkylation sites (tertiary alicyclic amines) is 2. The Labute approximate surface area is 126 Å². The van der Waals surface area contributed by atoms with E-state index in [9.17, 15) is 18.4 Å². The van der Waals surface area contributed by atoms with E-state index in [1.54, 1.807) is 7.05 Å². The van der Waals surface area contributed by atoms with E-state index in [0.717, 1.165) is 4.90 Å². The lowest BCUT2D eigenvalue weighted by atomic mass is 9.77. The first-order valence-electron chi connectivity index (χ1n) is 7.02. The zero-order chi connectivity index (χ0) is 16.0. The number of halogens is 2. The molecule has 0 N–H and O–H groups in total. The third-order valence-corrected chi connectivity index (χ3v) is 4.33. The Kier molecular flexibility index (Phi) is 3.34. The summed E-state index contributed by atoms with van der Waals surface area (Å²) in [6, 6.07) is 1.38. The van der Waals surface area contributed by atoms with E-state index in [1.807, 2.05) is 0 Å². The van der Waals surface area contributed by atoms with Crippen LogP contribution in [0.1, 0.15) is 23.3 Å². The fraction of sp³-hybridized carbons (Fsp3) is 0.571. The highest BCUT2D eigenvalue weighted by Crippen LogP contribution is 2.45. The van der Waals surface area contributed by atoms with Crippen molar-refractivity contribution in [1.29, 1.82) is 0 Å². The highest BCUT2D eigenvalue weighted by atomic mass is 19.3. The predicted octanol–water partition coefficient (Wildman–Crippen LogP) is 0.806. The van der Waals surface area contributed by atoms with Crippen molar-refractivity contribution in [2.24, 2.45) is 5.41 Å². The second-order valence-electron chi connectivity index (χ2n) is 6.05. The molecule has 22 heavy (non-hydrogen) atoms. The second-order valence-corrected chi connectivity index (χ2v) is 6.05. The van der Waals surface area contributed by atoms with Crippen LogP contribution in [0, 0.1) is 5.41 Å². The minimum Gasteiger partial charge on any atom is -0.345 e. The van der Waals surface area contributed by atoms with E-state index in [2.05, 4.69) is 9.97 Å². The molecule has 2 fully saturated rings. The number of amides is 2. The lowest BCUT2D eigenvalue weighted by Crippen LogP contribution is -2.57.